The summed E-state index contributed by atoms with van der Waals surface area (Å²) in [7, 11) is 1.92. The van der Waals surface area contributed by atoms with Gasteiger partial charge in [0, 0.05) is 28.5 Å². The molecule has 1 aromatic carbocycles. The van der Waals surface area contributed by atoms with E-state index in [1.807, 2.05) is 17.7 Å². The topological polar surface area (TPSA) is 98.7 Å². The average Bonchev–Trinajstić information content (AvgIpc) is 3.20. The Morgan fingerprint density at radius 1 is 1.24 bits per heavy atom. The Balaban J connectivity index is 1.74. The van der Waals surface area contributed by atoms with E-state index in [1.54, 1.807) is 0 Å². The first kappa shape index (κ1) is 20.1. The standard InChI is InChI=1S/C20H22FIN6O/c1-24-6-2-3-7-28-16(25-17-18(23)26-20(21)27-19(17)28)10-12-8-13-11(9-14(12)22)4-5-15(13)29/h8-9,24H,2-7,10H2,1H3,(H2,23,26,27). The number of halogens is 2. The number of fused-ring (bicyclic) bond motifs is 2. The molecule has 0 fully saturated rings. The quantitative estimate of drug-likeness (QED) is 0.290. The van der Waals surface area contributed by atoms with Gasteiger partial charge >= 0.3 is 6.08 Å². The monoisotopic (exact) mass is 508 g/mol. The summed E-state index contributed by atoms with van der Waals surface area (Å²) in [5.74, 6) is 0.983. The molecule has 0 aliphatic heterocycles. The van der Waals surface area contributed by atoms with Crippen molar-refractivity contribution in [2.75, 3.05) is 19.3 Å². The number of nitrogens with zero attached hydrogens (tertiary/aromatic N) is 4. The van der Waals surface area contributed by atoms with Crippen LogP contribution in [0.15, 0.2) is 12.1 Å². The van der Waals surface area contributed by atoms with Crippen LogP contribution in [0.1, 0.15) is 46.6 Å². The lowest BCUT2D eigenvalue weighted by atomic mass is 10.0. The van der Waals surface area contributed by atoms with Gasteiger partial charge in [-0.2, -0.15) is 14.4 Å². The molecular weight excluding hydrogens is 486 g/mol. The molecule has 0 amide bonds. The molecule has 3 N–H and O–H groups in total. The highest BCUT2D eigenvalue weighted by molar-refractivity contribution is 14.1. The number of unbranched alkanes of at least 4 members (excludes halogenated alkanes) is 1. The number of Topliss-reactive ketones (excluding diaryl/α,β-unsaturated/α-hetero) is 1. The van der Waals surface area contributed by atoms with E-state index in [2.05, 4.69) is 48.9 Å². The first-order chi connectivity index (χ1) is 14.0. The zero-order valence-electron chi connectivity index (χ0n) is 16.1. The van der Waals surface area contributed by atoms with E-state index in [1.165, 1.54) is 0 Å². The van der Waals surface area contributed by atoms with E-state index in [0.717, 1.165) is 51.9 Å². The van der Waals surface area contributed by atoms with Crippen molar-refractivity contribution < 1.29 is 9.18 Å². The minimum Gasteiger partial charge on any atom is -0.382 e. The Hall–Kier alpha value is -2.14. The lowest BCUT2D eigenvalue weighted by Crippen LogP contribution is -2.11. The summed E-state index contributed by atoms with van der Waals surface area (Å²) in [6, 6.07) is 4.07. The normalized spacial score (nSPS) is 13.4. The van der Waals surface area contributed by atoms with Crippen molar-refractivity contribution in [3.63, 3.8) is 0 Å². The highest BCUT2D eigenvalue weighted by atomic mass is 127. The van der Waals surface area contributed by atoms with E-state index in [4.69, 9.17) is 5.73 Å². The van der Waals surface area contributed by atoms with Crippen LogP contribution in [-0.4, -0.2) is 38.9 Å². The molecule has 9 heteroatoms. The Morgan fingerprint density at radius 3 is 2.86 bits per heavy atom. The van der Waals surface area contributed by atoms with Crippen LogP contribution in [0, 0.1) is 9.65 Å². The lowest BCUT2D eigenvalue weighted by molar-refractivity contribution is 0.0994. The second-order valence-electron chi connectivity index (χ2n) is 7.24. The maximum atomic E-state index is 13.8. The van der Waals surface area contributed by atoms with Crippen LogP contribution in [-0.2, 0) is 19.4 Å². The van der Waals surface area contributed by atoms with E-state index in [9.17, 15) is 9.18 Å². The number of aromatic nitrogens is 4. The van der Waals surface area contributed by atoms with Crippen molar-refractivity contribution in [3.8, 4) is 0 Å². The number of aryl methyl sites for hydroxylation is 2. The van der Waals surface area contributed by atoms with E-state index >= 15 is 0 Å². The fourth-order valence-electron chi connectivity index (χ4n) is 3.80. The molecule has 4 rings (SSSR count). The summed E-state index contributed by atoms with van der Waals surface area (Å²) in [6.45, 7) is 1.56. The highest BCUT2D eigenvalue weighted by Gasteiger charge is 2.23. The number of imidazole rings is 1. The third-order valence-electron chi connectivity index (χ3n) is 5.27. The van der Waals surface area contributed by atoms with Gasteiger partial charge in [0.15, 0.2) is 22.8 Å². The molecule has 152 valence electrons. The molecule has 0 radical (unpaired) electrons. The number of nitrogens with one attached hydrogen (secondary N) is 1. The van der Waals surface area contributed by atoms with Gasteiger partial charge in [-0.1, -0.05) is 0 Å². The van der Waals surface area contributed by atoms with Crippen LogP contribution in [0.2, 0.25) is 0 Å². The summed E-state index contributed by atoms with van der Waals surface area (Å²) in [5, 5.41) is 3.13. The molecule has 7 nitrogen and oxygen atoms in total. The molecule has 0 spiro atoms. The number of anilines is 1. The van der Waals surface area contributed by atoms with Gasteiger partial charge in [0.2, 0.25) is 0 Å². The number of carbonyl (C=O) groups is 1. The zero-order chi connectivity index (χ0) is 20.5. The minimum atomic E-state index is -0.851. The zero-order valence-corrected chi connectivity index (χ0v) is 18.3. The van der Waals surface area contributed by atoms with Gasteiger partial charge in [0.25, 0.3) is 0 Å². The third kappa shape index (κ3) is 3.97. The van der Waals surface area contributed by atoms with Crippen LogP contribution < -0.4 is 11.1 Å². The molecular formula is C20H22FIN6O. The average molecular weight is 508 g/mol. The van der Waals surface area contributed by atoms with Crippen LogP contribution in [0.3, 0.4) is 0 Å². The van der Waals surface area contributed by atoms with E-state index in [-0.39, 0.29) is 11.6 Å². The maximum Gasteiger partial charge on any atom is 0.312 e. The van der Waals surface area contributed by atoms with E-state index in [0.29, 0.717) is 30.6 Å². The summed E-state index contributed by atoms with van der Waals surface area (Å²) in [5.41, 5.74) is 9.69. The number of hydrogen-bond acceptors (Lipinski definition) is 6. The number of benzene rings is 1. The third-order valence-corrected chi connectivity index (χ3v) is 6.28. The second-order valence-corrected chi connectivity index (χ2v) is 8.40. The van der Waals surface area contributed by atoms with Crippen molar-refractivity contribution in [1.29, 1.82) is 0 Å². The molecule has 0 bridgehead atoms. The van der Waals surface area contributed by atoms with Crippen molar-refractivity contribution in [2.45, 2.75) is 38.6 Å². The first-order valence-electron chi connectivity index (χ1n) is 9.65. The van der Waals surface area contributed by atoms with Crippen LogP contribution in [0.25, 0.3) is 11.2 Å². The first-order valence-corrected chi connectivity index (χ1v) is 10.7. The number of hydrogen-bond donors (Lipinski definition) is 2. The summed E-state index contributed by atoms with van der Waals surface area (Å²) in [4.78, 5) is 24.4. The van der Waals surface area contributed by atoms with Crippen LogP contribution in [0.4, 0.5) is 10.2 Å². The van der Waals surface area contributed by atoms with Crippen LogP contribution >= 0.6 is 22.6 Å². The molecule has 0 unspecified atom stereocenters. The summed E-state index contributed by atoms with van der Waals surface area (Å²) >= 11 is 2.30. The predicted molar refractivity (Wildman–Crippen MR) is 117 cm³/mol. The summed E-state index contributed by atoms with van der Waals surface area (Å²) < 4.78 is 16.8. The Morgan fingerprint density at radius 2 is 2.07 bits per heavy atom. The number of nitrogen functional groups attached to an aromatic ring is 1. The Bertz CT molecular complexity index is 1100. The van der Waals surface area contributed by atoms with Gasteiger partial charge < -0.3 is 15.6 Å². The van der Waals surface area contributed by atoms with Gasteiger partial charge in [-0.15, -0.1) is 0 Å². The molecule has 0 saturated carbocycles. The number of ketones is 1. The van der Waals surface area contributed by atoms with Crippen molar-refractivity contribution >= 4 is 45.4 Å². The largest absolute Gasteiger partial charge is 0.382 e. The lowest BCUT2D eigenvalue weighted by Gasteiger charge is -2.11. The number of carbonyl (C=O) groups excluding carboxylic acids is 1. The molecule has 0 atom stereocenters. The molecule has 1 aliphatic rings. The molecule has 0 saturated heterocycles. The maximum absolute atomic E-state index is 13.8. The smallest absolute Gasteiger partial charge is 0.312 e. The molecule has 1 aliphatic carbocycles. The summed E-state index contributed by atoms with van der Waals surface area (Å²) in [6.07, 6.45) is 2.91. The number of rotatable bonds is 7. The highest BCUT2D eigenvalue weighted by Crippen LogP contribution is 2.29. The molecule has 2 aromatic heterocycles. The van der Waals surface area contributed by atoms with Crippen molar-refractivity contribution in [1.82, 2.24) is 24.8 Å². The SMILES string of the molecule is CNCCCCn1c(Cc2cc3c(cc2I)CCC3=O)nc2c(N)nc(F)nc21. The predicted octanol–water partition coefficient (Wildman–Crippen LogP) is 2.87. The molecule has 3 aromatic rings. The fourth-order valence-corrected chi connectivity index (χ4v) is 4.52. The van der Waals surface area contributed by atoms with Crippen LogP contribution in [0.5, 0.6) is 0 Å². The second kappa shape index (κ2) is 8.31. The van der Waals surface area contributed by atoms with Gasteiger partial charge in [-0.05, 0) is 78.7 Å². The number of nitrogens with two attached hydrogens (primary N) is 1. The van der Waals surface area contributed by atoms with E-state index < -0.39 is 6.08 Å². The Kier molecular flexibility index (Phi) is 5.77. The molecule has 29 heavy (non-hydrogen) atoms. The van der Waals surface area contributed by atoms with Gasteiger partial charge in [-0.3, -0.25) is 4.79 Å². The van der Waals surface area contributed by atoms with Crippen molar-refractivity contribution in [3.05, 3.63) is 44.3 Å². The van der Waals surface area contributed by atoms with Gasteiger partial charge in [0.1, 0.15) is 5.82 Å². The fraction of sp³-hybridized carbons (Fsp3) is 0.400. The van der Waals surface area contributed by atoms with Crippen molar-refractivity contribution in [2.24, 2.45) is 0 Å². The Labute approximate surface area is 181 Å². The van der Waals surface area contributed by atoms with Gasteiger partial charge in [-0.25, -0.2) is 4.98 Å². The molecule has 2 heterocycles. The minimum absolute atomic E-state index is 0.0431. The van der Waals surface area contributed by atoms with Gasteiger partial charge in [0.05, 0.1) is 0 Å².